The summed E-state index contributed by atoms with van der Waals surface area (Å²) in [6, 6.07) is 5.62. The van der Waals surface area contributed by atoms with Crippen molar-refractivity contribution >= 4 is 34.1 Å². The first-order chi connectivity index (χ1) is 11.1. The summed E-state index contributed by atoms with van der Waals surface area (Å²) in [5, 5.41) is 11.3. The van der Waals surface area contributed by atoms with Crippen molar-refractivity contribution in [2.45, 2.75) is 23.9 Å². The van der Waals surface area contributed by atoms with Gasteiger partial charge in [0.15, 0.2) is 4.34 Å². The number of nitrogens with zero attached hydrogens (tertiary/aromatic N) is 3. The Bertz CT molecular complexity index is 814. The van der Waals surface area contributed by atoms with Crippen LogP contribution in [0, 0.1) is 13.8 Å². The van der Waals surface area contributed by atoms with Crippen molar-refractivity contribution in [3.63, 3.8) is 0 Å². The van der Waals surface area contributed by atoms with Crippen LogP contribution in [0.5, 0.6) is 0 Å². The summed E-state index contributed by atoms with van der Waals surface area (Å²) in [5.41, 5.74) is 1.63. The third-order valence-corrected chi connectivity index (χ3v) is 5.04. The van der Waals surface area contributed by atoms with Crippen molar-refractivity contribution in [1.82, 2.24) is 15.2 Å². The van der Waals surface area contributed by atoms with E-state index in [0.717, 1.165) is 15.7 Å². The van der Waals surface area contributed by atoms with E-state index >= 15 is 0 Å². The van der Waals surface area contributed by atoms with E-state index in [9.17, 15) is 4.79 Å². The van der Waals surface area contributed by atoms with Gasteiger partial charge in [-0.3, -0.25) is 15.1 Å². The zero-order valence-corrected chi connectivity index (χ0v) is 14.2. The van der Waals surface area contributed by atoms with Crippen molar-refractivity contribution in [3.05, 3.63) is 53.2 Å². The molecule has 0 radical (unpaired) electrons. The predicted octanol–water partition coefficient (Wildman–Crippen LogP) is 3.69. The second-order valence-corrected chi connectivity index (χ2v) is 7.00. The van der Waals surface area contributed by atoms with E-state index in [1.54, 1.807) is 30.9 Å². The second-order valence-electron chi connectivity index (χ2n) is 4.80. The van der Waals surface area contributed by atoms with Gasteiger partial charge in [-0.25, -0.2) is 0 Å². The number of hydrogen-bond acceptors (Lipinski definition) is 7. The number of aryl methyl sites for hydroxylation is 2. The largest absolute Gasteiger partial charge is 0.466 e. The van der Waals surface area contributed by atoms with Gasteiger partial charge in [0.05, 0.1) is 5.56 Å². The molecule has 0 aliphatic heterocycles. The minimum Gasteiger partial charge on any atom is -0.466 e. The van der Waals surface area contributed by atoms with Crippen molar-refractivity contribution in [2.24, 2.45) is 0 Å². The van der Waals surface area contributed by atoms with Crippen molar-refractivity contribution in [3.8, 4) is 0 Å². The zero-order valence-electron chi connectivity index (χ0n) is 12.6. The average Bonchev–Trinajstić information content (AvgIpc) is 3.12. The summed E-state index contributed by atoms with van der Waals surface area (Å²) in [5.74, 6) is 1.82. The Kier molecular flexibility index (Phi) is 4.73. The van der Waals surface area contributed by atoms with Crippen LogP contribution < -0.4 is 5.32 Å². The maximum absolute atomic E-state index is 12.2. The number of carbonyl (C=O) groups is 1. The Morgan fingerprint density at radius 2 is 2.26 bits per heavy atom. The van der Waals surface area contributed by atoms with Crippen LogP contribution >= 0.6 is 23.1 Å². The molecule has 0 atom stereocenters. The minimum atomic E-state index is -0.237. The predicted molar refractivity (Wildman–Crippen MR) is 89.8 cm³/mol. The molecular weight excluding hydrogens is 332 g/mol. The number of aromatic nitrogens is 3. The highest BCUT2D eigenvalue weighted by atomic mass is 32.2. The molecule has 0 saturated heterocycles. The van der Waals surface area contributed by atoms with Gasteiger partial charge in [-0.15, -0.1) is 10.2 Å². The van der Waals surface area contributed by atoms with Crippen molar-refractivity contribution in [1.29, 1.82) is 0 Å². The van der Waals surface area contributed by atoms with Crippen LogP contribution in [0.4, 0.5) is 5.13 Å². The molecule has 3 rings (SSSR count). The lowest BCUT2D eigenvalue weighted by atomic mass is 10.2. The highest BCUT2D eigenvalue weighted by Gasteiger charge is 2.15. The molecule has 1 amide bonds. The molecule has 0 aliphatic rings. The molecule has 3 aromatic heterocycles. The molecule has 118 valence electrons. The molecule has 0 aromatic carbocycles. The Morgan fingerprint density at radius 3 is 2.96 bits per heavy atom. The minimum absolute atomic E-state index is 0.237. The molecule has 23 heavy (non-hydrogen) atoms. The lowest BCUT2D eigenvalue weighted by Gasteiger charge is -1.98. The number of carbonyl (C=O) groups excluding carboxylic acids is 1. The number of nitrogens with one attached hydrogen (secondary N) is 1. The van der Waals surface area contributed by atoms with Crippen LogP contribution in [0.3, 0.4) is 0 Å². The summed E-state index contributed by atoms with van der Waals surface area (Å²) in [6.07, 6.45) is 3.56. The number of pyridine rings is 1. The van der Waals surface area contributed by atoms with E-state index in [4.69, 9.17) is 4.42 Å². The first-order valence-electron chi connectivity index (χ1n) is 6.85. The summed E-state index contributed by atoms with van der Waals surface area (Å²) < 4.78 is 6.16. The fraction of sp³-hybridized carbons (Fsp3) is 0.200. The molecule has 6 nitrogen and oxygen atoms in total. The van der Waals surface area contributed by atoms with Gasteiger partial charge in [0.2, 0.25) is 5.13 Å². The summed E-state index contributed by atoms with van der Waals surface area (Å²) in [4.78, 5) is 16.3. The van der Waals surface area contributed by atoms with E-state index in [1.807, 2.05) is 25.3 Å². The van der Waals surface area contributed by atoms with E-state index in [0.29, 0.717) is 22.2 Å². The Labute approximate surface area is 141 Å². The van der Waals surface area contributed by atoms with Crippen LogP contribution in [0.2, 0.25) is 0 Å². The van der Waals surface area contributed by atoms with E-state index < -0.39 is 0 Å². The normalized spacial score (nSPS) is 10.7. The van der Waals surface area contributed by atoms with Crippen LogP contribution in [-0.2, 0) is 5.75 Å². The summed E-state index contributed by atoms with van der Waals surface area (Å²) >= 11 is 2.91. The number of rotatable bonds is 5. The van der Waals surface area contributed by atoms with Gasteiger partial charge >= 0.3 is 0 Å². The molecule has 0 bridgehead atoms. The van der Waals surface area contributed by atoms with Crippen molar-refractivity contribution in [2.75, 3.05) is 5.32 Å². The second kappa shape index (κ2) is 6.93. The number of hydrogen-bond donors (Lipinski definition) is 1. The van der Waals surface area contributed by atoms with E-state index in [1.165, 1.54) is 11.3 Å². The SMILES string of the molecule is Cc1cc(C(=O)Nc2nnc(SCc3cccnc3)s2)c(C)o1. The first kappa shape index (κ1) is 15.7. The van der Waals surface area contributed by atoms with Gasteiger partial charge in [-0.1, -0.05) is 29.2 Å². The van der Waals surface area contributed by atoms with Crippen LogP contribution in [0.15, 0.2) is 39.3 Å². The summed E-state index contributed by atoms with van der Waals surface area (Å²) in [7, 11) is 0. The quantitative estimate of drug-likeness (QED) is 0.560. The lowest BCUT2D eigenvalue weighted by molar-refractivity contribution is 0.102. The molecule has 3 aromatic rings. The van der Waals surface area contributed by atoms with E-state index in [2.05, 4.69) is 20.5 Å². The number of anilines is 1. The molecule has 0 saturated carbocycles. The Hall–Kier alpha value is -2.19. The van der Waals surface area contributed by atoms with Gasteiger partial charge in [-0.05, 0) is 31.5 Å². The monoisotopic (exact) mass is 346 g/mol. The van der Waals surface area contributed by atoms with Gasteiger partial charge < -0.3 is 4.42 Å². The molecule has 0 unspecified atom stereocenters. The third-order valence-electron chi connectivity index (χ3n) is 3.00. The van der Waals surface area contributed by atoms with Gasteiger partial charge in [0, 0.05) is 18.1 Å². The van der Waals surface area contributed by atoms with Gasteiger partial charge in [-0.2, -0.15) is 0 Å². The number of furan rings is 1. The molecule has 0 aliphatic carbocycles. The van der Waals surface area contributed by atoms with Crippen LogP contribution in [-0.4, -0.2) is 21.1 Å². The first-order valence-corrected chi connectivity index (χ1v) is 8.65. The van der Waals surface area contributed by atoms with Crippen molar-refractivity contribution < 1.29 is 9.21 Å². The standard InChI is InChI=1S/C15H14N4O2S2/c1-9-6-12(10(2)21-9)13(20)17-14-18-19-15(23-14)22-8-11-4-3-5-16-7-11/h3-7H,8H2,1-2H3,(H,17,18,20). The smallest absolute Gasteiger partial charge is 0.261 e. The van der Waals surface area contributed by atoms with Gasteiger partial charge in [0.1, 0.15) is 11.5 Å². The van der Waals surface area contributed by atoms with Crippen LogP contribution in [0.25, 0.3) is 0 Å². The highest BCUT2D eigenvalue weighted by molar-refractivity contribution is 8.00. The molecule has 8 heteroatoms. The third kappa shape index (κ3) is 3.96. The average molecular weight is 346 g/mol. The topological polar surface area (TPSA) is 80.9 Å². The lowest BCUT2D eigenvalue weighted by Crippen LogP contribution is -2.11. The van der Waals surface area contributed by atoms with E-state index in [-0.39, 0.29) is 5.91 Å². The Balaban J connectivity index is 1.61. The van der Waals surface area contributed by atoms with Crippen LogP contribution in [0.1, 0.15) is 27.4 Å². The van der Waals surface area contributed by atoms with Gasteiger partial charge in [0.25, 0.3) is 5.91 Å². The Morgan fingerprint density at radius 1 is 1.39 bits per heavy atom. The fourth-order valence-electron chi connectivity index (χ4n) is 1.97. The number of thioether (sulfide) groups is 1. The maximum atomic E-state index is 12.2. The highest BCUT2D eigenvalue weighted by Crippen LogP contribution is 2.28. The number of amides is 1. The molecule has 0 spiro atoms. The fourth-order valence-corrected chi connectivity index (χ4v) is 3.65. The zero-order chi connectivity index (χ0) is 16.2. The molecule has 3 heterocycles. The molecule has 0 fully saturated rings. The maximum Gasteiger partial charge on any atom is 0.261 e. The molecular formula is C15H14N4O2S2. The summed E-state index contributed by atoms with van der Waals surface area (Å²) in [6.45, 7) is 3.57. The molecule has 1 N–H and O–H groups in total.